The minimum absolute atomic E-state index is 0.0205. The van der Waals surface area contributed by atoms with Gasteiger partial charge in [0.2, 0.25) is 0 Å². The molecule has 1 saturated carbocycles. The van der Waals surface area contributed by atoms with Crippen molar-refractivity contribution in [3.63, 3.8) is 0 Å². The van der Waals surface area contributed by atoms with E-state index in [-0.39, 0.29) is 18.9 Å². The van der Waals surface area contributed by atoms with Crippen molar-refractivity contribution >= 4 is 0 Å². The summed E-state index contributed by atoms with van der Waals surface area (Å²) in [6.07, 6.45) is 2.13. The molecule has 0 aliphatic heterocycles. The lowest BCUT2D eigenvalue weighted by molar-refractivity contribution is -0.256. The molecule has 1 aliphatic rings. The number of ether oxygens (including phenoxy) is 1. The molecule has 2 rings (SSSR count). The largest absolute Gasteiger partial charge is 0.356 e. The highest BCUT2D eigenvalue weighted by molar-refractivity contribution is 5.31. The molecule has 4 heteroatoms. The van der Waals surface area contributed by atoms with Crippen molar-refractivity contribution in [2.75, 3.05) is 0 Å². The molecule has 0 amide bonds. The number of alkyl halides is 2. The Morgan fingerprint density at radius 2 is 1.86 bits per heavy atom. The van der Waals surface area contributed by atoms with Crippen LogP contribution in [0.25, 0.3) is 0 Å². The van der Waals surface area contributed by atoms with E-state index in [4.69, 9.17) is 10.00 Å². The molecule has 0 radical (unpaired) electrons. The standard InChI is InChI=1S/C18H21F2NO/c1-2-14-3-5-15(6-4-14)11-18(19,20)22-13-17-9-7-16(12-21)8-10-17/h2,7-10,14-15H,1,3-6,11,13H2. The lowest BCUT2D eigenvalue weighted by Crippen LogP contribution is -2.26. The molecule has 118 valence electrons. The minimum atomic E-state index is -3.10. The normalized spacial score (nSPS) is 22.0. The molecule has 0 unspecified atom stereocenters. The summed E-state index contributed by atoms with van der Waals surface area (Å²) >= 11 is 0. The van der Waals surface area contributed by atoms with Gasteiger partial charge in [0, 0.05) is 6.42 Å². The van der Waals surface area contributed by atoms with Gasteiger partial charge in [0.1, 0.15) is 0 Å². The molecule has 1 aromatic carbocycles. The van der Waals surface area contributed by atoms with Crippen molar-refractivity contribution in [3.8, 4) is 6.07 Å². The second-order valence-electron chi connectivity index (χ2n) is 5.96. The zero-order chi connectivity index (χ0) is 16.0. The molecule has 0 aromatic heterocycles. The van der Waals surface area contributed by atoms with Gasteiger partial charge in [0.25, 0.3) is 0 Å². The highest BCUT2D eigenvalue weighted by Gasteiger charge is 2.35. The Bertz CT molecular complexity index is 525. The van der Waals surface area contributed by atoms with Crippen LogP contribution in [-0.4, -0.2) is 6.11 Å². The van der Waals surface area contributed by atoms with Crippen LogP contribution in [0.1, 0.15) is 43.2 Å². The minimum Gasteiger partial charge on any atom is -0.316 e. The molecule has 1 aliphatic carbocycles. The Kier molecular flexibility index (Phi) is 5.68. The molecule has 1 fully saturated rings. The van der Waals surface area contributed by atoms with Gasteiger partial charge in [0.15, 0.2) is 0 Å². The lowest BCUT2D eigenvalue weighted by Gasteiger charge is -2.29. The Labute approximate surface area is 130 Å². The summed E-state index contributed by atoms with van der Waals surface area (Å²) in [5, 5.41) is 8.70. The molecule has 0 heterocycles. The van der Waals surface area contributed by atoms with Crippen molar-refractivity contribution < 1.29 is 13.5 Å². The zero-order valence-electron chi connectivity index (χ0n) is 12.6. The van der Waals surface area contributed by atoms with Crippen LogP contribution in [0.15, 0.2) is 36.9 Å². The summed E-state index contributed by atoms with van der Waals surface area (Å²) in [6.45, 7) is 3.63. The van der Waals surface area contributed by atoms with Gasteiger partial charge in [-0.25, -0.2) is 0 Å². The SMILES string of the molecule is C=CC1CCC(CC(F)(F)OCc2ccc(C#N)cc2)CC1. The zero-order valence-corrected chi connectivity index (χ0v) is 12.6. The van der Waals surface area contributed by atoms with Gasteiger partial charge >= 0.3 is 6.11 Å². The Hall–Kier alpha value is -1.73. The van der Waals surface area contributed by atoms with Crippen LogP contribution in [-0.2, 0) is 11.3 Å². The molecule has 0 atom stereocenters. The van der Waals surface area contributed by atoms with Crippen LogP contribution >= 0.6 is 0 Å². The van der Waals surface area contributed by atoms with Crippen LogP contribution < -0.4 is 0 Å². The quantitative estimate of drug-likeness (QED) is 0.689. The second kappa shape index (κ2) is 7.51. The summed E-state index contributed by atoms with van der Waals surface area (Å²) in [5.74, 6) is 0.497. The van der Waals surface area contributed by atoms with Gasteiger partial charge in [-0.05, 0) is 55.2 Å². The number of rotatable bonds is 6. The predicted molar refractivity (Wildman–Crippen MR) is 81.2 cm³/mol. The molecule has 22 heavy (non-hydrogen) atoms. The molecular formula is C18H21F2NO. The first kappa shape index (κ1) is 16.6. The average Bonchev–Trinajstić information content (AvgIpc) is 2.54. The van der Waals surface area contributed by atoms with Crippen LogP contribution in [0.3, 0.4) is 0 Å². The summed E-state index contributed by atoms with van der Waals surface area (Å²) in [6, 6.07) is 8.49. The number of benzene rings is 1. The fourth-order valence-corrected chi connectivity index (χ4v) is 2.89. The fraction of sp³-hybridized carbons (Fsp3) is 0.500. The molecular weight excluding hydrogens is 284 g/mol. The molecule has 0 N–H and O–H groups in total. The van der Waals surface area contributed by atoms with E-state index in [2.05, 4.69) is 6.58 Å². The first-order chi connectivity index (χ1) is 10.5. The highest BCUT2D eigenvalue weighted by Crippen LogP contribution is 2.36. The second-order valence-corrected chi connectivity index (χ2v) is 5.96. The predicted octanol–water partition coefficient (Wildman–Crippen LogP) is 5.05. The third-order valence-electron chi connectivity index (χ3n) is 4.28. The lowest BCUT2D eigenvalue weighted by atomic mass is 9.80. The van der Waals surface area contributed by atoms with Gasteiger partial charge in [-0.1, -0.05) is 18.2 Å². The van der Waals surface area contributed by atoms with Crippen molar-refractivity contribution in [2.24, 2.45) is 11.8 Å². The molecule has 0 saturated heterocycles. The summed E-state index contributed by atoms with van der Waals surface area (Å²) < 4.78 is 32.7. The number of hydrogen-bond donors (Lipinski definition) is 0. The number of hydrogen-bond acceptors (Lipinski definition) is 2. The Morgan fingerprint density at radius 1 is 1.23 bits per heavy atom. The summed E-state index contributed by atoms with van der Waals surface area (Å²) in [4.78, 5) is 0. The number of nitrogens with zero attached hydrogens (tertiary/aromatic N) is 1. The molecule has 2 nitrogen and oxygen atoms in total. The van der Waals surface area contributed by atoms with Gasteiger partial charge < -0.3 is 4.74 Å². The topological polar surface area (TPSA) is 33.0 Å². The van der Waals surface area contributed by atoms with E-state index < -0.39 is 6.11 Å². The summed E-state index contributed by atoms with van der Waals surface area (Å²) in [7, 11) is 0. The Morgan fingerprint density at radius 3 is 2.41 bits per heavy atom. The van der Waals surface area contributed by atoms with Gasteiger partial charge in [-0.3, -0.25) is 0 Å². The summed E-state index contributed by atoms with van der Waals surface area (Å²) in [5.41, 5.74) is 1.16. The number of nitriles is 1. The number of halogens is 2. The number of allylic oxidation sites excluding steroid dienone is 1. The highest BCUT2D eigenvalue weighted by atomic mass is 19.3. The van der Waals surface area contributed by atoms with E-state index in [1.807, 2.05) is 12.1 Å². The fourth-order valence-electron chi connectivity index (χ4n) is 2.89. The third-order valence-corrected chi connectivity index (χ3v) is 4.28. The van der Waals surface area contributed by atoms with Crippen molar-refractivity contribution in [3.05, 3.63) is 48.0 Å². The van der Waals surface area contributed by atoms with Crippen LogP contribution in [0.5, 0.6) is 0 Å². The Balaban J connectivity index is 1.80. The van der Waals surface area contributed by atoms with Crippen LogP contribution in [0.2, 0.25) is 0 Å². The van der Waals surface area contributed by atoms with Crippen molar-refractivity contribution in [1.29, 1.82) is 5.26 Å². The molecule has 0 bridgehead atoms. The maximum absolute atomic E-state index is 13.9. The van der Waals surface area contributed by atoms with Crippen LogP contribution in [0, 0.1) is 23.2 Å². The van der Waals surface area contributed by atoms with E-state index in [1.54, 1.807) is 24.3 Å². The first-order valence-corrected chi connectivity index (χ1v) is 7.66. The first-order valence-electron chi connectivity index (χ1n) is 7.66. The average molecular weight is 305 g/mol. The molecule has 0 spiro atoms. The van der Waals surface area contributed by atoms with E-state index in [1.165, 1.54) is 0 Å². The smallest absolute Gasteiger partial charge is 0.316 e. The van der Waals surface area contributed by atoms with Crippen molar-refractivity contribution in [2.45, 2.75) is 44.8 Å². The van der Waals surface area contributed by atoms with Gasteiger partial charge in [-0.2, -0.15) is 14.0 Å². The van der Waals surface area contributed by atoms with E-state index >= 15 is 0 Å². The maximum Gasteiger partial charge on any atom is 0.356 e. The third kappa shape index (κ3) is 4.92. The molecule has 1 aromatic rings. The van der Waals surface area contributed by atoms with E-state index in [0.717, 1.165) is 25.7 Å². The van der Waals surface area contributed by atoms with E-state index in [9.17, 15) is 8.78 Å². The van der Waals surface area contributed by atoms with E-state index in [0.29, 0.717) is 17.0 Å². The van der Waals surface area contributed by atoms with Gasteiger partial charge in [-0.15, -0.1) is 6.58 Å². The van der Waals surface area contributed by atoms with Gasteiger partial charge in [0.05, 0.1) is 18.2 Å². The van der Waals surface area contributed by atoms with Crippen LogP contribution in [0.4, 0.5) is 8.78 Å². The maximum atomic E-state index is 13.9. The monoisotopic (exact) mass is 305 g/mol. The van der Waals surface area contributed by atoms with Crippen molar-refractivity contribution in [1.82, 2.24) is 0 Å².